The molecule has 0 aromatic rings. The molecule has 0 bridgehead atoms. The van der Waals surface area contributed by atoms with Crippen molar-refractivity contribution in [3.05, 3.63) is 0 Å². The van der Waals surface area contributed by atoms with E-state index in [2.05, 4.69) is 34.6 Å². The minimum atomic E-state index is -0.0660. The summed E-state index contributed by atoms with van der Waals surface area (Å²) in [6.45, 7) is 10.5. The lowest BCUT2D eigenvalue weighted by molar-refractivity contribution is -0.196. The van der Waals surface area contributed by atoms with Gasteiger partial charge < -0.3 is 5.21 Å². The molecule has 1 saturated heterocycles. The smallest absolute Gasteiger partial charge is 0.0436 e. The fourth-order valence-electron chi connectivity index (χ4n) is 2.07. The topological polar surface area (TPSA) is 23.5 Å². The Morgan fingerprint density at radius 3 is 1.82 bits per heavy atom. The van der Waals surface area contributed by atoms with Crippen molar-refractivity contribution in [3.8, 4) is 0 Å². The molecule has 2 heteroatoms. The Bertz CT molecular complexity index is 163. The molecule has 0 aliphatic carbocycles. The molecule has 0 saturated carbocycles. The summed E-state index contributed by atoms with van der Waals surface area (Å²) in [7, 11) is 0. The summed E-state index contributed by atoms with van der Waals surface area (Å²) in [5, 5.41) is 11.3. The molecule has 0 aromatic carbocycles. The lowest BCUT2D eigenvalue weighted by atomic mass is 9.89. The Morgan fingerprint density at radius 1 is 1.27 bits per heavy atom. The van der Waals surface area contributed by atoms with Crippen LogP contribution >= 0.6 is 0 Å². The fraction of sp³-hybridized carbons (Fsp3) is 1.00. The first-order chi connectivity index (χ1) is 4.78. The summed E-state index contributed by atoms with van der Waals surface area (Å²) >= 11 is 0. The van der Waals surface area contributed by atoms with Crippen LogP contribution in [0.4, 0.5) is 0 Å². The van der Waals surface area contributed by atoms with Crippen molar-refractivity contribution in [2.45, 2.75) is 52.1 Å². The SMILES string of the molecule is C[C@@H]1CC(C)(C)N(O)C1(C)C. The van der Waals surface area contributed by atoms with E-state index < -0.39 is 0 Å². The van der Waals surface area contributed by atoms with Gasteiger partial charge in [-0.1, -0.05) is 6.92 Å². The van der Waals surface area contributed by atoms with Crippen molar-refractivity contribution in [3.63, 3.8) is 0 Å². The second-order valence-corrected chi connectivity index (χ2v) is 4.88. The maximum Gasteiger partial charge on any atom is 0.0436 e. The highest BCUT2D eigenvalue weighted by molar-refractivity contribution is 4.99. The van der Waals surface area contributed by atoms with Crippen molar-refractivity contribution >= 4 is 0 Å². The van der Waals surface area contributed by atoms with Crippen LogP contribution in [0.5, 0.6) is 0 Å². The minimum Gasteiger partial charge on any atom is -0.313 e. The van der Waals surface area contributed by atoms with Gasteiger partial charge in [-0.3, -0.25) is 0 Å². The zero-order valence-corrected chi connectivity index (χ0v) is 8.18. The third-order valence-corrected chi connectivity index (χ3v) is 3.13. The molecule has 1 heterocycles. The molecule has 0 aromatic heterocycles. The molecular weight excluding hydrogens is 138 g/mol. The predicted molar refractivity (Wildman–Crippen MR) is 45.6 cm³/mol. The number of nitrogens with zero attached hydrogens (tertiary/aromatic N) is 1. The predicted octanol–water partition coefficient (Wildman–Crippen LogP) is 2.27. The maximum absolute atomic E-state index is 9.79. The molecule has 1 fully saturated rings. The monoisotopic (exact) mass is 157 g/mol. The average molecular weight is 157 g/mol. The molecule has 1 rings (SSSR count). The van der Waals surface area contributed by atoms with Crippen LogP contribution in [-0.2, 0) is 0 Å². The molecule has 1 aliphatic rings. The highest BCUT2D eigenvalue weighted by atomic mass is 16.5. The van der Waals surface area contributed by atoms with E-state index in [1.54, 1.807) is 0 Å². The van der Waals surface area contributed by atoms with Gasteiger partial charge in [0, 0.05) is 11.1 Å². The van der Waals surface area contributed by atoms with E-state index in [0.717, 1.165) is 6.42 Å². The highest BCUT2D eigenvalue weighted by Gasteiger charge is 2.48. The highest BCUT2D eigenvalue weighted by Crippen LogP contribution is 2.42. The van der Waals surface area contributed by atoms with E-state index in [9.17, 15) is 5.21 Å². The average Bonchev–Trinajstić information content (AvgIpc) is 1.94. The van der Waals surface area contributed by atoms with E-state index in [1.165, 1.54) is 5.06 Å². The second kappa shape index (κ2) is 2.20. The number of hydrogen-bond donors (Lipinski definition) is 1. The van der Waals surface area contributed by atoms with Gasteiger partial charge in [-0.05, 0) is 40.0 Å². The third kappa shape index (κ3) is 1.18. The quantitative estimate of drug-likeness (QED) is 0.583. The Kier molecular flexibility index (Phi) is 1.81. The molecule has 2 nitrogen and oxygen atoms in total. The zero-order chi connectivity index (χ0) is 8.86. The summed E-state index contributed by atoms with van der Waals surface area (Å²) in [6, 6.07) is 0. The van der Waals surface area contributed by atoms with Crippen LogP contribution in [-0.4, -0.2) is 21.3 Å². The van der Waals surface area contributed by atoms with Crippen LogP contribution in [0.15, 0.2) is 0 Å². The standard InChI is InChI=1S/C9H19NO/c1-7-6-8(2,3)10(11)9(7,4)5/h7,11H,6H2,1-5H3/t7-/m1/s1. The first-order valence-corrected chi connectivity index (χ1v) is 4.28. The molecule has 0 radical (unpaired) electrons. The van der Waals surface area contributed by atoms with Crippen LogP contribution in [0.25, 0.3) is 0 Å². The largest absolute Gasteiger partial charge is 0.313 e. The molecule has 1 N–H and O–H groups in total. The molecule has 1 atom stereocenters. The first-order valence-electron chi connectivity index (χ1n) is 4.28. The van der Waals surface area contributed by atoms with E-state index in [0.29, 0.717) is 5.92 Å². The molecule has 0 unspecified atom stereocenters. The molecule has 0 amide bonds. The van der Waals surface area contributed by atoms with Crippen LogP contribution < -0.4 is 0 Å². The van der Waals surface area contributed by atoms with Crippen molar-refractivity contribution in [1.82, 2.24) is 5.06 Å². The molecular formula is C9H19NO. The van der Waals surface area contributed by atoms with Gasteiger partial charge in [0.25, 0.3) is 0 Å². The molecule has 66 valence electrons. The van der Waals surface area contributed by atoms with Crippen molar-refractivity contribution < 1.29 is 5.21 Å². The van der Waals surface area contributed by atoms with Gasteiger partial charge in [-0.15, -0.1) is 0 Å². The summed E-state index contributed by atoms with van der Waals surface area (Å²) in [4.78, 5) is 0. The number of hydrogen-bond acceptors (Lipinski definition) is 2. The van der Waals surface area contributed by atoms with Crippen molar-refractivity contribution in [2.75, 3.05) is 0 Å². The van der Waals surface area contributed by atoms with E-state index in [1.807, 2.05) is 0 Å². The van der Waals surface area contributed by atoms with E-state index in [-0.39, 0.29) is 11.1 Å². The van der Waals surface area contributed by atoms with E-state index in [4.69, 9.17) is 0 Å². The van der Waals surface area contributed by atoms with Gasteiger partial charge in [-0.25, -0.2) is 0 Å². The Hall–Kier alpha value is -0.0800. The molecule has 11 heavy (non-hydrogen) atoms. The summed E-state index contributed by atoms with van der Waals surface area (Å²) in [5.41, 5.74) is -0.119. The zero-order valence-electron chi connectivity index (χ0n) is 8.18. The minimum absolute atomic E-state index is 0.0527. The Balaban J connectivity index is 2.89. The van der Waals surface area contributed by atoms with Crippen LogP contribution in [0.3, 0.4) is 0 Å². The van der Waals surface area contributed by atoms with Gasteiger partial charge >= 0.3 is 0 Å². The second-order valence-electron chi connectivity index (χ2n) is 4.88. The van der Waals surface area contributed by atoms with Crippen LogP contribution in [0.1, 0.15) is 41.0 Å². The molecule has 0 spiro atoms. The van der Waals surface area contributed by atoms with Gasteiger partial charge in [0.05, 0.1) is 0 Å². The normalized spacial score (nSPS) is 36.0. The van der Waals surface area contributed by atoms with Gasteiger partial charge in [-0.2, -0.15) is 5.06 Å². The van der Waals surface area contributed by atoms with Crippen LogP contribution in [0, 0.1) is 5.92 Å². The van der Waals surface area contributed by atoms with Crippen molar-refractivity contribution in [2.24, 2.45) is 5.92 Å². The maximum atomic E-state index is 9.79. The summed E-state index contributed by atoms with van der Waals surface area (Å²) < 4.78 is 0. The van der Waals surface area contributed by atoms with E-state index >= 15 is 0 Å². The summed E-state index contributed by atoms with van der Waals surface area (Å²) in [6.07, 6.45) is 1.07. The summed E-state index contributed by atoms with van der Waals surface area (Å²) in [5.74, 6) is 0.558. The fourth-order valence-corrected chi connectivity index (χ4v) is 2.07. The van der Waals surface area contributed by atoms with Crippen LogP contribution in [0.2, 0.25) is 0 Å². The van der Waals surface area contributed by atoms with Gasteiger partial charge in [0.15, 0.2) is 0 Å². The van der Waals surface area contributed by atoms with Gasteiger partial charge in [0.2, 0.25) is 0 Å². The lowest BCUT2D eigenvalue weighted by Crippen LogP contribution is -2.46. The molecule has 1 aliphatic heterocycles. The Morgan fingerprint density at radius 2 is 1.73 bits per heavy atom. The number of rotatable bonds is 0. The van der Waals surface area contributed by atoms with Gasteiger partial charge in [0.1, 0.15) is 0 Å². The Labute approximate surface area is 69.2 Å². The number of hydroxylamine groups is 2. The first kappa shape index (κ1) is 9.01. The third-order valence-electron chi connectivity index (χ3n) is 3.13. The lowest BCUT2D eigenvalue weighted by Gasteiger charge is -2.35. The van der Waals surface area contributed by atoms with Crippen molar-refractivity contribution in [1.29, 1.82) is 0 Å².